The second-order valence-electron chi connectivity index (χ2n) is 18.3. The monoisotopic (exact) mass is 701 g/mol. The summed E-state index contributed by atoms with van der Waals surface area (Å²) in [4.78, 5) is 0. The molecule has 0 aromatic heterocycles. The highest BCUT2D eigenvalue weighted by Crippen LogP contribution is 2.76. The minimum Gasteiger partial charge on any atom is -0.0682 e. The van der Waals surface area contributed by atoms with Crippen LogP contribution in [-0.2, 0) is 0 Å². The van der Waals surface area contributed by atoms with Crippen molar-refractivity contribution in [2.45, 2.75) is 253 Å². The van der Waals surface area contributed by atoms with E-state index in [0.29, 0.717) is 0 Å². The summed E-state index contributed by atoms with van der Waals surface area (Å²) < 4.78 is 0. The smallest absolute Gasteiger partial charge is 0.0410 e. The van der Waals surface area contributed by atoms with Crippen LogP contribution in [0.4, 0.5) is 0 Å². The first kappa shape index (κ1) is 35.9. The van der Waals surface area contributed by atoms with E-state index >= 15 is 0 Å². The fraction of sp³-hybridized carbons (Fsp3) is 1.00. The summed E-state index contributed by atoms with van der Waals surface area (Å²) in [5.41, 5.74) is 6.55. The minimum absolute atomic E-state index is 1.31. The highest BCUT2D eigenvalue weighted by atomic mass is 30.2. The maximum atomic E-state index is 3.01. The van der Waals surface area contributed by atoms with Crippen molar-refractivity contribution in [3.63, 3.8) is 0 Å². The molecule has 0 bridgehead atoms. The van der Waals surface area contributed by atoms with E-state index in [2.05, 4.69) is 34.6 Å². The normalized spacial score (nSPS) is 42.3. The SMILES string of the molecule is CC[Si]1(C2CCCCC2)[Si](CC)(C2CCCCC2)[Si](CC)(C2CCCCC2)[Si](CC)(C2CCCCC2)[Si]1(CC)C1CCCCC1. The van der Waals surface area contributed by atoms with Crippen molar-refractivity contribution in [1.29, 1.82) is 0 Å². The fourth-order valence-corrected chi connectivity index (χ4v) is 254. The lowest BCUT2D eigenvalue weighted by atomic mass is 10.0. The standard InChI is InChI=1S/C40H80Si5/c1-6-41(36-26-16-11-17-27-36)42(7-2,37-28-18-12-19-29-37)44(9-4,39-32-22-14-23-33-39)45(10-5,40-34-24-15-25-35-40)43(41,8-3)38-30-20-13-21-31-38/h36-40H,6-35H2,1-5H3. The van der Waals surface area contributed by atoms with E-state index in [-0.39, 0.29) is 0 Å². The molecule has 260 valence electrons. The molecule has 5 aliphatic carbocycles. The maximum absolute atomic E-state index is 3.01. The molecule has 0 unspecified atom stereocenters. The van der Waals surface area contributed by atoms with Crippen molar-refractivity contribution in [3.05, 3.63) is 0 Å². The molecule has 5 saturated carbocycles. The van der Waals surface area contributed by atoms with E-state index in [0.717, 1.165) is 0 Å². The van der Waals surface area contributed by atoms with Crippen molar-refractivity contribution < 1.29 is 0 Å². The summed E-state index contributed by atoms with van der Waals surface area (Å²) >= 11 is 0. The molecule has 0 aromatic rings. The lowest BCUT2D eigenvalue weighted by Gasteiger charge is -2.65. The average molecular weight is 702 g/mol. The van der Waals surface area contributed by atoms with E-state index in [1.807, 2.05) is 30.2 Å². The van der Waals surface area contributed by atoms with Gasteiger partial charge in [0.1, 0.15) is 0 Å². The zero-order valence-electron chi connectivity index (χ0n) is 31.6. The summed E-state index contributed by atoms with van der Waals surface area (Å²) in [5.74, 6) is 0. The summed E-state index contributed by atoms with van der Waals surface area (Å²) in [6.07, 6.45) is 41.9. The average Bonchev–Trinajstić information content (AvgIpc) is 3.32. The van der Waals surface area contributed by atoms with Crippen molar-refractivity contribution in [1.82, 2.24) is 0 Å². The molecule has 0 amide bonds. The predicted molar refractivity (Wildman–Crippen MR) is 215 cm³/mol. The van der Waals surface area contributed by atoms with E-state index in [4.69, 9.17) is 0 Å². The van der Waals surface area contributed by atoms with Gasteiger partial charge in [0.05, 0.1) is 0 Å². The van der Waals surface area contributed by atoms with Crippen LogP contribution in [-0.4, -0.2) is 35.5 Å². The lowest BCUT2D eigenvalue weighted by molar-refractivity contribution is 0.480. The summed E-state index contributed by atoms with van der Waals surface area (Å²) in [5, 5.41) is 0. The van der Waals surface area contributed by atoms with Gasteiger partial charge in [-0.15, -0.1) is 0 Å². The Morgan fingerprint density at radius 1 is 0.244 bits per heavy atom. The zero-order chi connectivity index (χ0) is 31.6. The molecule has 1 saturated heterocycles. The molecule has 1 heterocycles. The van der Waals surface area contributed by atoms with Gasteiger partial charge in [-0.1, -0.05) is 225 Å². The zero-order valence-corrected chi connectivity index (χ0v) is 36.6. The Labute approximate surface area is 287 Å². The molecular weight excluding hydrogens is 621 g/mol. The molecule has 5 heteroatoms. The van der Waals surface area contributed by atoms with Gasteiger partial charge >= 0.3 is 0 Å². The van der Waals surface area contributed by atoms with Crippen LogP contribution in [0.25, 0.3) is 0 Å². The Kier molecular flexibility index (Phi) is 12.1. The second-order valence-corrected chi connectivity index (χ2v) is 69.9. The topological polar surface area (TPSA) is 0 Å². The van der Waals surface area contributed by atoms with Gasteiger partial charge < -0.3 is 0 Å². The molecule has 0 aromatic carbocycles. The Morgan fingerprint density at radius 2 is 0.378 bits per heavy atom. The molecule has 0 N–H and O–H groups in total. The van der Waals surface area contributed by atoms with Gasteiger partial charge in [0.25, 0.3) is 0 Å². The fourth-order valence-electron chi connectivity index (χ4n) is 18.2. The van der Waals surface area contributed by atoms with Gasteiger partial charge in [0.2, 0.25) is 0 Å². The van der Waals surface area contributed by atoms with Crippen LogP contribution in [0.5, 0.6) is 0 Å². The van der Waals surface area contributed by atoms with Crippen LogP contribution in [0.15, 0.2) is 0 Å². The molecule has 45 heavy (non-hydrogen) atoms. The molecule has 6 fully saturated rings. The Bertz CT molecular complexity index is 733. The van der Waals surface area contributed by atoms with Crippen molar-refractivity contribution in [2.24, 2.45) is 0 Å². The van der Waals surface area contributed by atoms with E-state index in [1.54, 1.807) is 161 Å². The van der Waals surface area contributed by atoms with Crippen LogP contribution in [0, 0.1) is 0 Å². The highest BCUT2D eigenvalue weighted by molar-refractivity contribution is 8.15. The van der Waals surface area contributed by atoms with Crippen LogP contribution >= 0.6 is 0 Å². The van der Waals surface area contributed by atoms with Gasteiger partial charge in [0.15, 0.2) is 0 Å². The number of rotatable bonds is 10. The largest absolute Gasteiger partial charge is 0.0682 e. The van der Waals surface area contributed by atoms with Crippen molar-refractivity contribution in [3.8, 4) is 0 Å². The quantitative estimate of drug-likeness (QED) is 0.199. The van der Waals surface area contributed by atoms with Gasteiger partial charge in [-0.05, 0) is 27.7 Å². The first-order valence-electron chi connectivity index (χ1n) is 22.1. The number of hydrogen-bond donors (Lipinski definition) is 0. The van der Waals surface area contributed by atoms with Gasteiger partial charge in [-0.2, -0.15) is 0 Å². The minimum atomic E-state index is -1.52. The van der Waals surface area contributed by atoms with Crippen LogP contribution in [0.2, 0.25) is 57.9 Å². The second kappa shape index (κ2) is 15.1. The third kappa shape index (κ3) is 4.87. The molecule has 0 atom stereocenters. The van der Waals surface area contributed by atoms with E-state index in [9.17, 15) is 0 Å². The lowest BCUT2D eigenvalue weighted by Crippen LogP contribution is -2.82. The predicted octanol–water partition coefficient (Wildman–Crippen LogP) is 14.4. The molecule has 6 rings (SSSR count). The van der Waals surface area contributed by atoms with Gasteiger partial charge in [-0.25, -0.2) is 0 Å². The molecule has 1 aliphatic heterocycles. The van der Waals surface area contributed by atoms with Crippen molar-refractivity contribution in [2.75, 3.05) is 0 Å². The Balaban J connectivity index is 1.79. The maximum Gasteiger partial charge on any atom is 0.0410 e. The summed E-state index contributed by atoms with van der Waals surface area (Å²) in [7, 11) is -7.60. The van der Waals surface area contributed by atoms with E-state index < -0.39 is 35.5 Å². The highest BCUT2D eigenvalue weighted by Gasteiger charge is 2.91. The van der Waals surface area contributed by atoms with Crippen LogP contribution in [0.3, 0.4) is 0 Å². The molecule has 0 nitrogen and oxygen atoms in total. The third-order valence-corrected chi connectivity index (χ3v) is 140. The molecule has 0 radical (unpaired) electrons. The van der Waals surface area contributed by atoms with Gasteiger partial charge in [-0.3, -0.25) is 0 Å². The third-order valence-electron chi connectivity index (χ3n) is 18.3. The van der Waals surface area contributed by atoms with E-state index in [1.165, 1.54) is 27.7 Å². The summed E-state index contributed by atoms with van der Waals surface area (Å²) in [6, 6.07) is 9.21. The first-order valence-corrected chi connectivity index (χ1v) is 38.5. The Hall–Kier alpha value is 1.08. The molecule has 6 aliphatic rings. The molecular formula is C40H80Si5. The number of hydrogen-bond acceptors (Lipinski definition) is 0. The summed E-state index contributed by atoms with van der Waals surface area (Å²) in [6.45, 7) is 15.1. The Morgan fingerprint density at radius 3 is 0.489 bits per heavy atom. The van der Waals surface area contributed by atoms with Crippen LogP contribution in [0.1, 0.15) is 195 Å². The van der Waals surface area contributed by atoms with Gasteiger partial charge in [0, 0.05) is 35.5 Å². The first-order chi connectivity index (χ1) is 22.1. The molecule has 0 spiro atoms. The van der Waals surface area contributed by atoms with Crippen LogP contribution < -0.4 is 0 Å². The van der Waals surface area contributed by atoms with Crippen molar-refractivity contribution >= 4 is 35.5 Å².